The van der Waals surface area contributed by atoms with Gasteiger partial charge in [-0.15, -0.1) is 0 Å². The van der Waals surface area contributed by atoms with Crippen LogP contribution in [-0.4, -0.2) is 22.3 Å². The van der Waals surface area contributed by atoms with Gasteiger partial charge in [-0.2, -0.15) is 5.16 Å². The molecule has 1 aromatic heterocycles. The van der Waals surface area contributed by atoms with E-state index in [1.807, 2.05) is 6.92 Å². The van der Waals surface area contributed by atoms with E-state index in [4.69, 9.17) is 15.4 Å². The van der Waals surface area contributed by atoms with Crippen LogP contribution in [0.3, 0.4) is 0 Å². The summed E-state index contributed by atoms with van der Waals surface area (Å²) in [7, 11) is 0. The van der Waals surface area contributed by atoms with E-state index >= 15 is 0 Å². The Morgan fingerprint density at radius 2 is 2.33 bits per heavy atom. The Kier molecular flexibility index (Phi) is 3.68. The number of nitrogens with one attached hydrogen (secondary N) is 1. The molecule has 6 nitrogen and oxygen atoms in total. The van der Waals surface area contributed by atoms with Crippen molar-refractivity contribution in [1.29, 1.82) is 0 Å². The zero-order chi connectivity index (χ0) is 11.4. The minimum atomic E-state index is -1.11. The number of carbonyl (C=O) groups is 1. The first-order valence-electron chi connectivity index (χ1n) is 4.73. The fraction of sp³-hybridized carbons (Fsp3) is 0.556. The summed E-state index contributed by atoms with van der Waals surface area (Å²) in [6.45, 7) is 1.92. The van der Waals surface area contributed by atoms with Crippen LogP contribution in [0.2, 0.25) is 0 Å². The number of rotatable bonds is 5. The standard InChI is InChI=1S/C9H14N2O4/c1-2-3-5-7(15-11-8(5)12)4-6(10)9(13)14/h6H,2-4,10H2,1H3,(H,11,12)(H,13,14). The van der Waals surface area contributed by atoms with Gasteiger partial charge in [-0.25, -0.2) is 0 Å². The van der Waals surface area contributed by atoms with E-state index in [1.54, 1.807) is 0 Å². The van der Waals surface area contributed by atoms with Crippen molar-refractivity contribution in [3.63, 3.8) is 0 Å². The summed E-state index contributed by atoms with van der Waals surface area (Å²) >= 11 is 0. The van der Waals surface area contributed by atoms with Crippen LogP contribution < -0.4 is 11.3 Å². The molecule has 0 spiro atoms. The molecule has 1 heterocycles. The number of aromatic nitrogens is 1. The van der Waals surface area contributed by atoms with Crippen LogP contribution in [0, 0.1) is 0 Å². The molecule has 1 unspecified atom stereocenters. The number of aromatic amines is 1. The number of H-pyrrole nitrogens is 1. The van der Waals surface area contributed by atoms with Gasteiger partial charge in [0, 0.05) is 6.42 Å². The largest absolute Gasteiger partial charge is 0.480 e. The lowest BCUT2D eigenvalue weighted by Gasteiger charge is -2.03. The van der Waals surface area contributed by atoms with Gasteiger partial charge < -0.3 is 15.4 Å². The molecular formula is C9H14N2O4. The summed E-state index contributed by atoms with van der Waals surface area (Å²) in [5.74, 6) is -0.766. The number of aliphatic carboxylic acids is 1. The predicted molar refractivity (Wildman–Crippen MR) is 52.6 cm³/mol. The first kappa shape index (κ1) is 11.5. The quantitative estimate of drug-likeness (QED) is 0.632. The van der Waals surface area contributed by atoms with Crippen LogP contribution in [0.4, 0.5) is 0 Å². The smallest absolute Gasteiger partial charge is 0.320 e. The molecule has 1 atom stereocenters. The zero-order valence-electron chi connectivity index (χ0n) is 8.45. The Bertz CT molecular complexity index is 393. The fourth-order valence-corrected chi connectivity index (χ4v) is 1.31. The number of carboxylic acid groups (broad SMARTS) is 1. The lowest BCUT2D eigenvalue weighted by molar-refractivity contribution is -0.138. The molecule has 0 bridgehead atoms. The van der Waals surface area contributed by atoms with Crippen molar-refractivity contribution in [2.75, 3.05) is 0 Å². The van der Waals surface area contributed by atoms with E-state index in [2.05, 4.69) is 5.16 Å². The van der Waals surface area contributed by atoms with Crippen molar-refractivity contribution < 1.29 is 14.4 Å². The molecule has 0 saturated heterocycles. The van der Waals surface area contributed by atoms with Crippen LogP contribution in [-0.2, 0) is 17.6 Å². The van der Waals surface area contributed by atoms with Crippen LogP contribution in [0.1, 0.15) is 24.7 Å². The molecule has 4 N–H and O–H groups in total. The summed E-state index contributed by atoms with van der Waals surface area (Å²) in [6.07, 6.45) is 1.38. The van der Waals surface area contributed by atoms with Gasteiger partial charge in [0.2, 0.25) is 0 Å². The molecule has 0 aliphatic heterocycles. The van der Waals surface area contributed by atoms with E-state index in [9.17, 15) is 9.59 Å². The van der Waals surface area contributed by atoms with Gasteiger partial charge in [0.15, 0.2) is 0 Å². The van der Waals surface area contributed by atoms with Gasteiger partial charge >= 0.3 is 5.97 Å². The number of hydrogen-bond donors (Lipinski definition) is 3. The lowest BCUT2D eigenvalue weighted by Crippen LogP contribution is -2.32. The maximum atomic E-state index is 11.2. The first-order chi connectivity index (χ1) is 7.06. The zero-order valence-corrected chi connectivity index (χ0v) is 8.45. The Morgan fingerprint density at radius 1 is 1.67 bits per heavy atom. The molecule has 0 amide bonds. The molecule has 0 aliphatic carbocycles. The van der Waals surface area contributed by atoms with E-state index in [1.165, 1.54) is 0 Å². The molecule has 84 valence electrons. The normalized spacial score (nSPS) is 12.7. The first-order valence-corrected chi connectivity index (χ1v) is 4.73. The molecule has 15 heavy (non-hydrogen) atoms. The van der Waals surface area contributed by atoms with E-state index in [0.717, 1.165) is 6.42 Å². The van der Waals surface area contributed by atoms with Crippen LogP contribution in [0.15, 0.2) is 9.32 Å². The van der Waals surface area contributed by atoms with Crippen LogP contribution in [0.25, 0.3) is 0 Å². The minimum Gasteiger partial charge on any atom is -0.480 e. The predicted octanol–water partition coefficient (Wildman–Crippen LogP) is -0.125. The Balaban J connectivity index is 2.85. The topological polar surface area (TPSA) is 109 Å². The number of nitrogens with two attached hydrogens (primary N) is 1. The molecule has 0 saturated carbocycles. The van der Waals surface area contributed by atoms with Crippen molar-refractivity contribution in [3.05, 3.63) is 21.7 Å². The average molecular weight is 214 g/mol. The van der Waals surface area contributed by atoms with Gasteiger partial charge in [0.25, 0.3) is 5.56 Å². The minimum absolute atomic E-state index is 0.0312. The molecular weight excluding hydrogens is 200 g/mol. The third-order valence-electron chi connectivity index (χ3n) is 2.10. The maximum Gasteiger partial charge on any atom is 0.320 e. The molecule has 0 aliphatic rings. The third-order valence-corrected chi connectivity index (χ3v) is 2.10. The Hall–Kier alpha value is -1.56. The van der Waals surface area contributed by atoms with E-state index < -0.39 is 12.0 Å². The maximum absolute atomic E-state index is 11.2. The number of carboxylic acids is 1. The number of hydrogen-bond acceptors (Lipinski definition) is 4. The summed E-state index contributed by atoms with van der Waals surface area (Å²) < 4.78 is 4.89. The van der Waals surface area contributed by atoms with Gasteiger partial charge in [-0.1, -0.05) is 13.3 Å². The molecule has 6 heteroatoms. The van der Waals surface area contributed by atoms with Crippen LogP contribution >= 0.6 is 0 Å². The summed E-state index contributed by atoms with van der Waals surface area (Å²) in [6, 6.07) is -1.04. The van der Waals surface area contributed by atoms with E-state index in [-0.39, 0.29) is 12.0 Å². The Morgan fingerprint density at radius 3 is 2.87 bits per heavy atom. The second kappa shape index (κ2) is 4.79. The molecule has 1 aromatic rings. The lowest BCUT2D eigenvalue weighted by atomic mass is 10.1. The van der Waals surface area contributed by atoms with Crippen molar-refractivity contribution in [3.8, 4) is 0 Å². The monoisotopic (exact) mass is 214 g/mol. The Labute approximate surface area is 86.0 Å². The molecule has 0 aromatic carbocycles. The van der Waals surface area contributed by atoms with Crippen LogP contribution in [0.5, 0.6) is 0 Å². The summed E-state index contributed by atoms with van der Waals surface area (Å²) in [5, 5.41) is 10.8. The second-order valence-corrected chi connectivity index (χ2v) is 3.33. The highest BCUT2D eigenvalue weighted by Gasteiger charge is 2.19. The summed E-state index contributed by atoms with van der Waals surface area (Å²) in [5.41, 5.74) is 5.54. The van der Waals surface area contributed by atoms with Gasteiger partial charge in [0.05, 0.1) is 5.56 Å². The highest BCUT2D eigenvalue weighted by Crippen LogP contribution is 2.08. The molecule has 1 rings (SSSR count). The average Bonchev–Trinajstić information content (AvgIpc) is 2.50. The molecule has 0 fully saturated rings. The van der Waals surface area contributed by atoms with Crippen molar-refractivity contribution in [2.45, 2.75) is 32.2 Å². The van der Waals surface area contributed by atoms with Crippen molar-refractivity contribution in [2.24, 2.45) is 5.73 Å². The summed E-state index contributed by atoms with van der Waals surface area (Å²) in [4.78, 5) is 21.8. The second-order valence-electron chi connectivity index (χ2n) is 3.33. The highest BCUT2D eigenvalue weighted by molar-refractivity contribution is 5.73. The fourth-order valence-electron chi connectivity index (χ4n) is 1.31. The van der Waals surface area contributed by atoms with Crippen molar-refractivity contribution in [1.82, 2.24) is 5.16 Å². The van der Waals surface area contributed by atoms with Gasteiger partial charge in [-0.05, 0) is 6.42 Å². The van der Waals surface area contributed by atoms with Gasteiger partial charge in [0.1, 0.15) is 11.8 Å². The third kappa shape index (κ3) is 2.69. The SMILES string of the molecule is CCCc1c(CC(N)C(=O)O)o[nH]c1=O. The highest BCUT2D eigenvalue weighted by atomic mass is 16.5. The van der Waals surface area contributed by atoms with E-state index in [0.29, 0.717) is 17.7 Å². The molecule has 0 radical (unpaired) electrons. The van der Waals surface area contributed by atoms with Gasteiger partial charge in [-0.3, -0.25) is 9.59 Å². The van der Waals surface area contributed by atoms with Crippen molar-refractivity contribution >= 4 is 5.97 Å².